The third-order valence-corrected chi connectivity index (χ3v) is 4.82. The van der Waals surface area contributed by atoms with Gasteiger partial charge in [-0.2, -0.15) is 0 Å². The summed E-state index contributed by atoms with van der Waals surface area (Å²) in [6.07, 6.45) is 4.49. The number of halogens is 1. The summed E-state index contributed by atoms with van der Waals surface area (Å²) in [5.41, 5.74) is 1.53. The minimum Gasteiger partial charge on any atom is -0.341 e. The lowest BCUT2D eigenvalue weighted by molar-refractivity contribution is -0.0758. The fraction of sp³-hybridized carbons (Fsp3) is 0.316. The fourth-order valence-electron chi connectivity index (χ4n) is 3.08. The van der Waals surface area contributed by atoms with Crippen LogP contribution in [-0.2, 0) is 11.4 Å². The van der Waals surface area contributed by atoms with Crippen LogP contribution in [0.15, 0.2) is 50.9 Å². The Kier molecular flexibility index (Phi) is 5.38. The molecule has 0 aliphatic carbocycles. The van der Waals surface area contributed by atoms with Gasteiger partial charge in [0.25, 0.3) is 5.91 Å². The van der Waals surface area contributed by atoms with Crippen LogP contribution in [-0.4, -0.2) is 35.4 Å². The standard InChI is InChI=1S/C19H20BrN3O3/c1-12-8-13(21-17(20)9-12)10-23-11-15(19(25)22(2)26-3)18(24)14-6-4-5-7-16(14)23/h4-7,9,11-12H,8,10H2,1-3H3. The Morgan fingerprint density at radius 1 is 1.42 bits per heavy atom. The maximum Gasteiger partial charge on any atom is 0.282 e. The van der Waals surface area contributed by atoms with Crippen LogP contribution in [0.1, 0.15) is 23.7 Å². The van der Waals surface area contributed by atoms with Crippen molar-refractivity contribution in [2.75, 3.05) is 14.2 Å². The molecule has 1 unspecified atom stereocenters. The summed E-state index contributed by atoms with van der Waals surface area (Å²) in [5, 5.41) is 1.55. The zero-order chi connectivity index (χ0) is 18.8. The number of nitrogens with zero attached hydrogens (tertiary/aromatic N) is 3. The number of benzene rings is 1. The van der Waals surface area contributed by atoms with Gasteiger partial charge in [0.1, 0.15) is 10.2 Å². The SMILES string of the molecule is CON(C)C(=O)c1cn(CC2=NC(Br)=CC(C)C2)c2ccccc2c1=O. The lowest BCUT2D eigenvalue weighted by Gasteiger charge is -2.20. The highest BCUT2D eigenvalue weighted by molar-refractivity contribution is 9.11. The number of para-hydroxylation sites is 1. The average Bonchev–Trinajstić information content (AvgIpc) is 2.62. The summed E-state index contributed by atoms with van der Waals surface area (Å²) < 4.78 is 2.72. The van der Waals surface area contributed by atoms with E-state index in [9.17, 15) is 9.59 Å². The van der Waals surface area contributed by atoms with Crippen LogP contribution < -0.4 is 5.43 Å². The van der Waals surface area contributed by atoms with E-state index in [0.717, 1.165) is 27.3 Å². The number of hydrogen-bond donors (Lipinski definition) is 0. The highest BCUT2D eigenvalue weighted by atomic mass is 79.9. The smallest absolute Gasteiger partial charge is 0.282 e. The molecule has 0 N–H and O–H groups in total. The molecule has 1 aromatic carbocycles. The Labute approximate surface area is 159 Å². The molecule has 0 radical (unpaired) electrons. The Bertz CT molecular complexity index is 978. The van der Waals surface area contributed by atoms with Crippen LogP contribution in [0.25, 0.3) is 10.9 Å². The number of aromatic nitrogens is 1. The predicted octanol–water partition coefficient (Wildman–Crippen LogP) is 3.35. The number of carbonyl (C=O) groups excluding carboxylic acids is 1. The van der Waals surface area contributed by atoms with E-state index < -0.39 is 5.91 Å². The maximum atomic E-state index is 12.8. The van der Waals surface area contributed by atoms with E-state index in [0.29, 0.717) is 17.8 Å². The molecule has 1 aliphatic rings. The number of hydroxylamine groups is 2. The zero-order valence-electron chi connectivity index (χ0n) is 14.9. The van der Waals surface area contributed by atoms with Gasteiger partial charge in [-0.05, 0) is 46.5 Å². The lowest BCUT2D eigenvalue weighted by Crippen LogP contribution is -2.31. The van der Waals surface area contributed by atoms with Crippen molar-refractivity contribution in [3.8, 4) is 0 Å². The van der Waals surface area contributed by atoms with Crippen LogP contribution in [0.2, 0.25) is 0 Å². The lowest BCUT2D eigenvalue weighted by atomic mass is 10.0. The first-order chi connectivity index (χ1) is 12.4. The van der Waals surface area contributed by atoms with E-state index in [4.69, 9.17) is 4.84 Å². The Balaban J connectivity index is 2.13. The zero-order valence-corrected chi connectivity index (χ0v) is 16.5. The third kappa shape index (κ3) is 3.64. The van der Waals surface area contributed by atoms with Crippen LogP contribution in [0.4, 0.5) is 0 Å². The molecule has 0 bridgehead atoms. The van der Waals surface area contributed by atoms with E-state index in [1.165, 1.54) is 14.2 Å². The number of allylic oxidation sites excluding steroid dienone is 1. The molecule has 1 atom stereocenters. The van der Waals surface area contributed by atoms with Crippen molar-refractivity contribution in [1.82, 2.24) is 9.63 Å². The van der Waals surface area contributed by atoms with Crippen molar-refractivity contribution in [3.63, 3.8) is 0 Å². The summed E-state index contributed by atoms with van der Waals surface area (Å²) in [7, 11) is 2.87. The third-order valence-electron chi connectivity index (χ3n) is 4.38. The summed E-state index contributed by atoms with van der Waals surface area (Å²) in [6.45, 7) is 2.63. The second-order valence-electron chi connectivity index (χ2n) is 6.35. The quantitative estimate of drug-likeness (QED) is 0.565. The van der Waals surface area contributed by atoms with Crippen molar-refractivity contribution in [2.45, 2.75) is 19.9 Å². The fourth-order valence-corrected chi connectivity index (χ4v) is 3.78. The molecule has 7 heteroatoms. The predicted molar refractivity (Wildman–Crippen MR) is 106 cm³/mol. The largest absolute Gasteiger partial charge is 0.341 e. The number of hydrogen-bond acceptors (Lipinski definition) is 4. The van der Waals surface area contributed by atoms with Crippen LogP contribution in [0.5, 0.6) is 0 Å². The molecule has 26 heavy (non-hydrogen) atoms. The van der Waals surface area contributed by atoms with Crippen molar-refractivity contribution < 1.29 is 9.63 Å². The van der Waals surface area contributed by atoms with Gasteiger partial charge in [-0.3, -0.25) is 14.4 Å². The van der Waals surface area contributed by atoms with E-state index in [2.05, 4.69) is 33.9 Å². The molecule has 2 aromatic rings. The molecule has 3 rings (SSSR count). The second-order valence-corrected chi connectivity index (χ2v) is 7.16. The molecule has 136 valence electrons. The first kappa shape index (κ1) is 18.5. The van der Waals surface area contributed by atoms with Crippen LogP contribution >= 0.6 is 15.9 Å². The topological polar surface area (TPSA) is 63.9 Å². The van der Waals surface area contributed by atoms with Crippen molar-refractivity contribution in [3.05, 3.63) is 56.9 Å². The number of rotatable bonds is 4. The van der Waals surface area contributed by atoms with Crippen molar-refractivity contribution in [2.24, 2.45) is 10.9 Å². The highest BCUT2D eigenvalue weighted by Crippen LogP contribution is 2.22. The van der Waals surface area contributed by atoms with Gasteiger partial charge in [0.2, 0.25) is 5.43 Å². The van der Waals surface area contributed by atoms with E-state index in [1.54, 1.807) is 18.3 Å². The van der Waals surface area contributed by atoms with Crippen LogP contribution in [0, 0.1) is 5.92 Å². The average molecular weight is 418 g/mol. The Hall–Kier alpha value is -2.25. The molecule has 0 saturated carbocycles. The molecule has 6 nitrogen and oxygen atoms in total. The molecule has 1 aromatic heterocycles. The monoisotopic (exact) mass is 417 g/mol. The molecule has 0 saturated heterocycles. The number of carbonyl (C=O) groups is 1. The Morgan fingerprint density at radius 3 is 2.85 bits per heavy atom. The summed E-state index contributed by atoms with van der Waals surface area (Å²) in [5.74, 6) is -0.0970. The van der Waals surface area contributed by atoms with Crippen molar-refractivity contribution in [1.29, 1.82) is 0 Å². The van der Waals surface area contributed by atoms with Gasteiger partial charge in [-0.1, -0.05) is 19.1 Å². The normalized spacial score (nSPS) is 17.0. The van der Waals surface area contributed by atoms with Gasteiger partial charge < -0.3 is 4.57 Å². The van der Waals surface area contributed by atoms with E-state index in [-0.39, 0.29) is 11.0 Å². The van der Waals surface area contributed by atoms with Crippen LogP contribution in [0.3, 0.4) is 0 Å². The van der Waals surface area contributed by atoms with E-state index >= 15 is 0 Å². The second kappa shape index (κ2) is 7.55. The summed E-state index contributed by atoms with van der Waals surface area (Å²) in [6, 6.07) is 7.28. The molecular weight excluding hydrogens is 398 g/mol. The molecule has 0 spiro atoms. The molecule has 2 heterocycles. The number of fused-ring (bicyclic) bond motifs is 1. The van der Waals surface area contributed by atoms with E-state index in [1.807, 2.05) is 16.7 Å². The van der Waals surface area contributed by atoms with Gasteiger partial charge in [0, 0.05) is 24.3 Å². The summed E-state index contributed by atoms with van der Waals surface area (Å²) >= 11 is 3.45. The Morgan fingerprint density at radius 2 is 2.15 bits per heavy atom. The first-order valence-electron chi connectivity index (χ1n) is 8.28. The minimum absolute atomic E-state index is 0.0760. The minimum atomic E-state index is -0.475. The van der Waals surface area contributed by atoms with Gasteiger partial charge >= 0.3 is 0 Å². The number of pyridine rings is 1. The first-order valence-corrected chi connectivity index (χ1v) is 9.08. The van der Waals surface area contributed by atoms with Gasteiger partial charge in [0.05, 0.1) is 19.2 Å². The van der Waals surface area contributed by atoms with Crippen molar-refractivity contribution >= 4 is 38.5 Å². The molecule has 1 amide bonds. The number of amides is 1. The maximum absolute atomic E-state index is 12.8. The number of aliphatic imine (C=N–C) groups is 1. The van der Waals surface area contributed by atoms with Gasteiger partial charge in [-0.25, -0.2) is 10.1 Å². The van der Waals surface area contributed by atoms with Gasteiger partial charge in [-0.15, -0.1) is 0 Å². The summed E-state index contributed by atoms with van der Waals surface area (Å²) in [4.78, 5) is 34.8. The highest BCUT2D eigenvalue weighted by Gasteiger charge is 2.20. The molecule has 0 fully saturated rings. The van der Waals surface area contributed by atoms with Gasteiger partial charge in [0.15, 0.2) is 0 Å². The molecular formula is C19H20BrN3O3. The molecule has 1 aliphatic heterocycles.